The maximum Gasteiger partial charge on any atom is 0.377 e. The van der Waals surface area contributed by atoms with E-state index >= 15 is 0 Å². The minimum absolute atomic E-state index is 0.0311. The third-order valence-electron chi connectivity index (χ3n) is 4.22. The van der Waals surface area contributed by atoms with Crippen molar-refractivity contribution < 1.29 is 14.7 Å². The number of benzene rings is 1. The SMILES string of the molecule is CCN(C(=O)n1nnn(-c2c(Cl)cccc2Cl)c1=O)C1=CC=C(C(=O)O)CC1Cl. The van der Waals surface area contributed by atoms with E-state index in [-0.39, 0.29) is 34.3 Å². The second-order valence-corrected chi connectivity index (χ2v) is 7.28. The van der Waals surface area contributed by atoms with Crippen LogP contribution < -0.4 is 5.69 Å². The van der Waals surface area contributed by atoms with Crippen LogP contribution in [0.3, 0.4) is 0 Å². The Kier molecular flexibility index (Phi) is 6.11. The van der Waals surface area contributed by atoms with Crippen LogP contribution in [0.4, 0.5) is 4.79 Å². The van der Waals surface area contributed by atoms with Gasteiger partial charge in [0.25, 0.3) is 0 Å². The van der Waals surface area contributed by atoms with E-state index in [1.807, 2.05) is 0 Å². The molecule has 0 fully saturated rings. The fourth-order valence-corrected chi connectivity index (χ4v) is 3.73. The highest BCUT2D eigenvalue weighted by atomic mass is 35.5. The summed E-state index contributed by atoms with van der Waals surface area (Å²) in [5, 5.41) is 16.0. The summed E-state index contributed by atoms with van der Waals surface area (Å²) in [5.41, 5.74) is -0.299. The van der Waals surface area contributed by atoms with E-state index in [9.17, 15) is 14.4 Å². The number of para-hydroxylation sites is 1. The lowest BCUT2D eigenvalue weighted by Crippen LogP contribution is -2.42. The summed E-state index contributed by atoms with van der Waals surface area (Å²) in [6.45, 7) is 1.84. The Labute approximate surface area is 179 Å². The fraction of sp³-hybridized carbons (Fsp3) is 0.235. The molecular weight excluding hydrogens is 445 g/mol. The molecule has 1 amide bonds. The molecule has 2 aromatic rings. The molecule has 152 valence electrons. The molecule has 1 aliphatic rings. The highest BCUT2D eigenvalue weighted by Crippen LogP contribution is 2.28. The Hall–Kier alpha value is -2.62. The van der Waals surface area contributed by atoms with Crippen LogP contribution in [0.5, 0.6) is 0 Å². The lowest BCUT2D eigenvalue weighted by atomic mass is 10.0. The average molecular weight is 459 g/mol. The standard InChI is InChI=1S/C17H14Cl3N5O4/c1-2-23(13-7-6-9(15(26)27)8-12(13)20)16(28)25-17(29)24(21-22-25)14-10(18)4-3-5-11(14)19/h3-7,12H,2,8H2,1H3,(H,26,27). The molecule has 3 rings (SSSR count). The number of hydrogen-bond donors (Lipinski definition) is 1. The first-order valence-electron chi connectivity index (χ1n) is 8.35. The molecule has 1 aromatic carbocycles. The first-order chi connectivity index (χ1) is 13.8. The molecule has 0 bridgehead atoms. The fourth-order valence-electron chi connectivity index (χ4n) is 2.81. The number of carbonyl (C=O) groups is 2. The monoisotopic (exact) mass is 457 g/mol. The van der Waals surface area contributed by atoms with Crippen LogP contribution in [-0.2, 0) is 4.79 Å². The Balaban J connectivity index is 2.00. The van der Waals surface area contributed by atoms with Crippen LogP contribution in [-0.4, -0.2) is 53.7 Å². The summed E-state index contributed by atoms with van der Waals surface area (Å²) in [4.78, 5) is 38.0. The summed E-state index contributed by atoms with van der Waals surface area (Å²) >= 11 is 18.5. The molecule has 0 radical (unpaired) electrons. The quantitative estimate of drug-likeness (QED) is 0.557. The van der Waals surface area contributed by atoms with Gasteiger partial charge in [-0.15, -0.1) is 16.3 Å². The van der Waals surface area contributed by atoms with Crippen molar-refractivity contribution in [3.05, 3.63) is 62.2 Å². The van der Waals surface area contributed by atoms with Crippen LogP contribution in [0.15, 0.2) is 46.4 Å². The van der Waals surface area contributed by atoms with Gasteiger partial charge < -0.3 is 5.11 Å². The zero-order valence-corrected chi connectivity index (χ0v) is 17.2. The van der Waals surface area contributed by atoms with Gasteiger partial charge in [0.2, 0.25) is 0 Å². The van der Waals surface area contributed by atoms with Crippen molar-refractivity contribution >= 4 is 46.8 Å². The van der Waals surface area contributed by atoms with E-state index in [2.05, 4.69) is 10.4 Å². The Morgan fingerprint density at radius 2 is 1.90 bits per heavy atom. The number of carbonyl (C=O) groups excluding carboxylic acids is 1. The van der Waals surface area contributed by atoms with E-state index in [4.69, 9.17) is 39.9 Å². The van der Waals surface area contributed by atoms with Crippen LogP contribution in [0.2, 0.25) is 10.0 Å². The number of aromatic nitrogens is 4. The number of nitrogens with zero attached hydrogens (tertiary/aromatic N) is 5. The minimum atomic E-state index is -1.09. The summed E-state index contributed by atoms with van der Waals surface area (Å²) in [6, 6.07) is 3.84. The summed E-state index contributed by atoms with van der Waals surface area (Å²) < 4.78 is 1.39. The van der Waals surface area contributed by atoms with Crippen LogP contribution in [0.25, 0.3) is 5.69 Å². The normalized spacial score (nSPS) is 16.2. The van der Waals surface area contributed by atoms with Gasteiger partial charge in [0, 0.05) is 24.2 Å². The summed E-state index contributed by atoms with van der Waals surface area (Å²) in [6.07, 6.45) is 2.84. The zero-order chi connectivity index (χ0) is 21.3. The average Bonchev–Trinajstić information content (AvgIpc) is 3.04. The molecule has 1 aromatic heterocycles. The highest BCUT2D eigenvalue weighted by molar-refractivity contribution is 6.37. The minimum Gasteiger partial charge on any atom is -0.478 e. The number of allylic oxidation sites excluding steroid dienone is 3. The zero-order valence-electron chi connectivity index (χ0n) is 14.9. The number of carboxylic acid groups (broad SMARTS) is 1. The first kappa shape index (κ1) is 21.1. The van der Waals surface area contributed by atoms with Gasteiger partial charge in [-0.25, -0.2) is 14.4 Å². The van der Waals surface area contributed by atoms with E-state index in [0.29, 0.717) is 10.4 Å². The van der Waals surface area contributed by atoms with Gasteiger partial charge in [-0.05, 0) is 41.6 Å². The van der Waals surface area contributed by atoms with Crippen LogP contribution >= 0.6 is 34.8 Å². The van der Waals surface area contributed by atoms with Crippen LogP contribution in [0, 0.1) is 0 Å². The van der Waals surface area contributed by atoms with Crippen molar-refractivity contribution in [2.45, 2.75) is 18.7 Å². The summed E-state index contributed by atoms with van der Waals surface area (Å²) in [5.74, 6) is -1.09. The molecular formula is C17H14Cl3N5O4. The molecule has 0 spiro atoms. The Morgan fingerprint density at radius 3 is 2.45 bits per heavy atom. The van der Waals surface area contributed by atoms with Crippen molar-refractivity contribution in [1.82, 2.24) is 24.7 Å². The smallest absolute Gasteiger partial charge is 0.377 e. The van der Waals surface area contributed by atoms with Gasteiger partial charge >= 0.3 is 17.7 Å². The number of rotatable bonds is 4. The molecule has 1 aliphatic carbocycles. The third-order valence-corrected chi connectivity index (χ3v) is 5.21. The van der Waals surface area contributed by atoms with E-state index < -0.39 is 23.1 Å². The first-order valence-corrected chi connectivity index (χ1v) is 9.54. The number of tetrazole rings is 1. The van der Waals surface area contributed by atoms with Gasteiger partial charge in [0.05, 0.1) is 15.4 Å². The maximum atomic E-state index is 12.9. The second-order valence-electron chi connectivity index (χ2n) is 5.94. The molecule has 1 unspecified atom stereocenters. The highest BCUT2D eigenvalue weighted by Gasteiger charge is 2.30. The predicted octanol–water partition coefficient (Wildman–Crippen LogP) is 2.93. The number of halogens is 3. The van der Waals surface area contributed by atoms with Crippen LogP contribution in [0.1, 0.15) is 13.3 Å². The van der Waals surface area contributed by atoms with Gasteiger partial charge in [-0.3, -0.25) is 4.90 Å². The molecule has 1 heterocycles. The number of hydrogen-bond acceptors (Lipinski definition) is 5. The van der Waals surface area contributed by atoms with Gasteiger partial charge in [0.1, 0.15) is 5.69 Å². The molecule has 0 saturated carbocycles. The molecule has 1 N–H and O–H groups in total. The maximum absolute atomic E-state index is 12.9. The molecule has 29 heavy (non-hydrogen) atoms. The predicted molar refractivity (Wildman–Crippen MR) is 107 cm³/mol. The number of alkyl halides is 1. The van der Waals surface area contributed by atoms with Gasteiger partial charge in [-0.2, -0.15) is 4.68 Å². The third kappa shape index (κ3) is 3.93. The van der Waals surface area contributed by atoms with Crippen molar-refractivity contribution in [1.29, 1.82) is 0 Å². The van der Waals surface area contributed by atoms with Crippen molar-refractivity contribution in [3.8, 4) is 5.69 Å². The van der Waals surface area contributed by atoms with Gasteiger partial charge in [-0.1, -0.05) is 29.3 Å². The van der Waals surface area contributed by atoms with E-state index in [1.165, 1.54) is 29.2 Å². The molecule has 12 heteroatoms. The van der Waals surface area contributed by atoms with E-state index in [1.54, 1.807) is 13.0 Å². The number of aliphatic carboxylic acids is 1. The topological polar surface area (TPSA) is 110 Å². The molecule has 9 nitrogen and oxygen atoms in total. The molecule has 1 atom stereocenters. The lowest BCUT2D eigenvalue weighted by Gasteiger charge is -2.28. The van der Waals surface area contributed by atoms with Crippen molar-refractivity contribution in [2.24, 2.45) is 0 Å². The molecule has 0 saturated heterocycles. The number of carboxylic acids is 1. The number of amides is 1. The van der Waals surface area contributed by atoms with Gasteiger partial charge in [0.15, 0.2) is 0 Å². The second kappa shape index (κ2) is 8.40. The molecule has 0 aliphatic heterocycles. The van der Waals surface area contributed by atoms with Crippen molar-refractivity contribution in [3.63, 3.8) is 0 Å². The van der Waals surface area contributed by atoms with Crippen molar-refractivity contribution in [2.75, 3.05) is 6.54 Å². The lowest BCUT2D eigenvalue weighted by molar-refractivity contribution is -0.132. The largest absolute Gasteiger partial charge is 0.478 e. The van der Waals surface area contributed by atoms with E-state index in [0.717, 1.165) is 4.68 Å². The Bertz CT molecular complexity index is 1080. The summed E-state index contributed by atoms with van der Waals surface area (Å²) in [7, 11) is 0. The Morgan fingerprint density at radius 1 is 1.24 bits per heavy atom.